The maximum Gasteiger partial charge on any atom is 0.0541 e. The van der Waals surface area contributed by atoms with E-state index in [9.17, 15) is 0 Å². The Labute approximate surface area is 272 Å². The topological polar surface area (TPSA) is 4.93 Å². The summed E-state index contributed by atoms with van der Waals surface area (Å²) in [5, 5.41) is 5.09. The second-order valence-corrected chi connectivity index (χ2v) is 12.9. The van der Waals surface area contributed by atoms with Gasteiger partial charge in [-0.2, -0.15) is 0 Å². The summed E-state index contributed by atoms with van der Waals surface area (Å²) in [6, 6.07) is 63.9. The Morgan fingerprint density at radius 3 is 1.57 bits per heavy atom. The monoisotopic (exact) mass is 603 g/mol. The predicted molar refractivity (Wildman–Crippen MR) is 198 cm³/mol. The van der Waals surface area contributed by atoms with Gasteiger partial charge < -0.3 is 4.57 Å². The molecule has 9 aromatic rings. The summed E-state index contributed by atoms with van der Waals surface area (Å²) >= 11 is 1.85. The Morgan fingerprint density at radius 1 is 0.326 bits per heavy atom. The summed E-state index contributed by atoms with van der Waals surface area (Å²) in [7, 11) is 0. The SMILES string of the molecule is c1ccc(-n2c3ccccc3c3cc(-c4ccc(-c5ccc(-c6ccc(-c7ccc8ccccc8c7)cc6)s5)cc4)ccc32)cc1. The molecule has 0 radical (unpaired) electrons. The third-order valence-corrected chi connectivity index (χ3v) is 10.2. The zero-order valence-electron chi connectivity index (χ0n) is 25.1. The maximum absolute atomic E-state index is 2.36. The van der Waals surface area contributed by atoms with E-state index in [1.54, 1.807) is 0 Å². The van der Waals surface area contributed by atoms with Gasteiger partial charge in [-0.15, -0.1) is 11.3 Å². The minimum absolute atomic E-state index is 1.18. The maximum atomic E-state index is 2.36. The molecule has 0 saturated carbocycles. The van der Waals surface area contributed by atoms with Crippen LogP contribution in [0.2, 0.25) is 0 Å². The molecule has 0 aliphatic carbocycles. The molecule has 2 heterocycles. The number of hydrogen-bond acceptors (Lipinski definition) is 1. The van der Waals surface area contributed by atoms with Crippen LogP contribution in [0.5, 0.6) is 0 Å². The minimum atomic E-state index is 1.18. The predicted octanol–water partition coefficient (Wildman–Crippen LogP) is 12.7. The van der Waals surface area contributed by atoms with Gasteiger partial charge in [0.25, 0.3) is 0 Å². The molecule has 0 spiro atoms. The van der Waals surface area contributed by atoms with Gasteiger partial charge in [0.15, 0.2) is 0 Å². The van der Waals surface area contributed by atoms with E-state index in [4.69, 9.17) is 0 Å². The van der Waals surface area contributed by atoms with E-state index in [0.717, 1.165) is 0 Å². The highest BCUT2D eigenvalue weighted by atomic mass is 32.1. The molecule has 2 aromatic heterocycles. The van der Waals surface area contributed by atoms with Crippen molar-refractivity contribution in [3.8, 4) is 48.8 Å². The molecule has 216 valence electrons. The lowest BCUT2D eigenvalue weighted by Gasteiger charge is -2.08. The second-order valence-electron chi connectivity index (χ2n) is 11.8. The molecule has 0 amide bonds. The first kappa shape index (κ1) is 26.7. The first-order chi connectivity index (χ1) is 22.8. The van der Waals surface area contributed by atoms with E-state index in [1.807, 2.05) is 11.3 Å². The van der Waals surface area contributed by atoms with Crippen molar-refractivity contribution >= 4 is 43.9 Å². The van der Waals surface area contributed by atoms with Crippen LogP contribution < -0.4 is 0 Å². The third-order valence-electron chi connectivity index (χ3n) is 9.05. The van der Waals surface area contributed by atoms with Crippen LogP contribution >= 0.6 is 11.3 Å². The largest absolute Gasteiger partial charge is 0.309 e. The van der Waals surface area contributed by atoms with Crippen molar-refractivity contribution in [2.45, 2.75) is 0 Å². The summed E-state index contributed by atoms with van der Waals surface area (Å²) in [5.74, 6) is 0. The van der Waals surface area contributed by atoms with E-state index in [0.29, 0.717) is 0 Å². The average molecular weight is 604 g/mol. The number of benzene rings is 7. The minimum Gasteiger partial charge on any atom is -0.309 e. The van der Waals surface area contributed by atoms with Gasteiger partial charge >= 0.3 is 0 Å². The van der Waals surface area contributed by atoms with Gasteiger partial charge in [0.05, 0.1) is 11.0 Å². The van der Waals surface area contributed by atoms with Crippen LogP contribution in [0.1, 0.15) is 0 Å². The van der Waals surface area contributed by atoms with Gasteiger partial charge in [0.1, 0.15) is 0 Å². The standard InChI is InChI=1S/C44H29NS/c1-2-10-38(11-3-1)45-41-13-7-6-12-39(41)40-29-37(24-25-42(40)45)32-16-21-34(22-17-32)44-27-26-43(46-44)33-19-14-31(15-20-33)36-23-18-30-8-4-5-9-35(30)28-36/h1-29H. The molecule has 0 bridgehead atoms. The van der Waals surface area contributed by atoms with E-state index in [2.05, 4.69) is 180 Å². The Bertz CT molecular complexity index is 2500. The molecule has 0 fully saturated rings. The lowest BCUT2D eigenvalue weighted by atomic mass is 10.00. The average Bonchev–Trinajstić information content (AvgIpc) is 3.75. The highest BCUT2D eigenvalue weighted by Crippen LogP contribution is 2.38. The van der Waals surface area contributed by atoms with Crippen LogP contribution in [-0.2, 0) is 0 Å². The smallest absolute Gasteiger partial charge is 0.0541 e. The molecule has 1 nitrogen and oxygen atoms in total. The first-order valence-corrected chi connectivity index (χ1v) is 16.5. The van der Waals surface area contributed by atoms with Gasteiger partial charge in [0, 0.05) is 26.2 Å². The van der Waals surface area contributed by atoms with Crippen molar-refractivity contribution in [3.63, 3.8) is 0 Å². The van der Waals surface area contributed by atoms with Crippen molar-refractivity contribution in [1.82, 2.24) is 4.57 Å². The van der Waals surface area contributed by atoms with Crippen LogP contribution in [0.25, 0.3) is 81.4 Å². The molecule has 0 unspecified atom stereocenters. The molecular weight excluding hydrogens is 575 g/mol. The van der Waals surface area contributed by atoms with Crippen molar-refractivity contribution < 1.29 is 0 Å². The zero-order valence-corrected chi connectivity index (χ0v) is 25.9. The number of aromatic nitrogens is 1. The first-order valence-electron chi connectivity index (χ1n) is 15.7. The molecule has 0 aliphatic heterocycles. The summed E-state index contributed by atoms with van der Waals surface area (Å²) in [6.07, 6.45) is 0. The van der Waals surface area contributed by atoms with Gasteiger partial charge in [-0.1, -0.05) is 127 Å². The summed E-state index contributed by atoms with van der Waals surface area (Å²) < 4.78 is 2.36. The molecule has 0 aliphatic rings. The highest BCUT2D eigenvalue weighted by Gasteiger charge is 2.13. The van der Waals surface area contributed by atoms with Crippen LogP contribution in [0.15, 0.2) is 176 Å². The normalized spacial score (nSPS) is 11.5. The lowest BCUT2D eigenvalue weighted by molar-refractivity contribution is 1.18. The fourth-order valence-corrected chi connectivity index (χ4v) is 7.70. The fourth-order valence-electron chi connectivity index (χ4n) is 6.68. The van der Waals surface area contributed by atoms with Crippen LogP contribution in [0.4, 0.5) is 0 Å². The van der Waals surface area contributed by atoms with Crippen molar-refractivity contribution in [1.29, 1.82) is 0 Å². The molecule has 2 heteroatoms. The summed E-state index contributed by atoms with van der Waals surface area (Å²) in [4.78, 5) is 2.56. The van der Waals surface area contributed by atoms with Crippen LogP contribution in [0, 0.1) is 0 Å². The van der Waals surface area contributed by atoms with Gasteiger partial charge in [0.2, 0.25) is 0 Å². The highest BCUT2D eigenvalue weighted by molar-refractivity contribution is 7.18. The molecule has 7 aromatic carbocycles. The number of para-hydroxylation sites is 2. The van der Waals surface area contributed by atoms with E-state index >= 15 is 0 Å². The lowest BCUT2D eigenvalue weighted by Crippen LogP contribution is -1.92. The number of thiophene rings is 1. The summed E-state index contributed by atoms with van der Waals surface area (Å²) in [5.41, 5.74) is 11.1. The van der Waals surface area contributed by atoms with Crippen LogP contribution in [0.3, 0.4) is 0 Å². The van der Waals surface area contributed by atoms with Crippen LogP contribution in [-0.4, -0.2) is 4.57 Å². The Morgan fingerprint density at radius 2 is 0.848 bits per heavy atom. The molecular formula is C44H29NS. The molecule has 9 rings (SSSR count). The van der Waals surface area contributed by atoms with Crippen molar-refractivity contribution in [2.24, 2.45) is 0 Å². The van der Waals surface area contributed by atoms with Crippen molar-refractivity contribution in [3.05, 3.63) is 176 Å². The molecule has 0 saturated heterocycles. The van der Waals surface area contributed by atoms with E-state index in [-0.39, 0.29) is 0 Å². The Balaban J connectivity index is 0.990. The van der Waals surface area contributed by atoms with Gasteiger partial charge in [-0.3, -0.25) is 0 Å². The van der Waals surface area contributed by atoms with Gasteiger partial charge in [-0.25, -0.2) is 0 Å². The quantitative estimate of drug-likeness (QED) is 0.184. The fraction of sp³-hybridized carbons (Fsp3) is 0. The van der Waals surface area contributed by atoms with Crippen molar-refractivity contribution in [2.75, 3.05) is 0 Å². The molecule has 0 N–H and O–H groups in total. The second kappa shape index (κ2) is 11.0. The number of fused-ring (bicyclic) bond motifs is 4. The molecule has 0 atom stereocenters. The number of rotatable bonds is 5. The third kappa shape index (κ3) is 4.63. The number of nitrogens with zero attached hydrogens (tertiary/aromatic N) is 1. The van der Waals surface area contributed by atoms with Gasteiger partial charge in [-0.05, 0) is 92.7 Å². The zero-order chi connectivity index (χ0) is 30.5. The summed E-state index contributed by atoms with van der Waals surface area (Å²) in [6.45, 7) is 0. The Hall–Kier alpha value is -5.70. The van der Waals surface area contributed by atoms with E-state index < -0.39 is 0 Å². The van der Waals surface area contributed by atoms with E-state index in [1.165, 1.54) is 81.4 Å². The number of hydrogen-bond donors (Lipinski definition) is 0. The Kier molecular flexibility index (Phi) is 6.40. The molecule has 46 heavy (non-hydrogen) atoms.